The summed E-state index contributed by atoms with van der Waals surface area (Å²) in [6, 6.07) is 9.56. The molecule has 112 valence electrons. The zero-order valence-corrected chi connectivity index (χ0v) is 13.2. The maximum atomic E-state index is 12.2. The number of imidazole rings is 1. The van der Waals surface area contributed by atoms with Crippen LogP contribution in [0.3, 0.4) is 0 Å². The number of aromatic nitrogens is 2. The average Bonchev–Trinajstić information content (AvgIpc) is 2.83. The van der Waals surface area contributed by atoms with Crippen molar-refractivity contribution in [1.29, 1.82) is 0 Å². The van der Waals surface area contributed by atoms with Crippen LogP contribution in [-0.2, 0) is 11.2 Å². The smallest absolute Gasteiger partial charge is 0.230 e. The lowest BCUT2D eigenvalue weighted by Gasteiger charge is -2.08. The lowest BCUT2D eigenvalue weighted by molar-refractivity contribution is -0.115. The Morgan fingerprint density at radius 2 is 2.05 bits per heavy atom. The van der Waals surface area contributed by atoms with Crippen molar-refractivity contribution in [2.75, 3.05) is 5.32 Å². The number of carbonyl (C=O) groups is 1. The number of pyridine rings is 1. The van der Waals surface area contributed by atoms with E-state index in [4.69, 9.17) is 11.6 Å². The first kappa shape index (κ1) is 14.6. The summed E-state index contributed by atoms with van der Waals surface area (Å²) in [6.45, 7) is 4.01. The molecule has 0 radical (unpaired) electrons. The normalized spacial score (nSPS) is 10.9. The summed E-state index contributed by atoms with van der Waals surface area (Å²) in [5.41, 5.74) is 4.55. The van der Waals surface area contributed by atoms with E-state index in [9.17, 15) is 4.79 Å². The number of hydrogen-bond acceptors (Lipinski definition) is 2. The van der Waals surface area contributed by atoms with Gasteiger partial charge in [-0.25, -0.2) is 4.98 Å². The van der Waals surface area contributed by atoms with Gasteiger partial charge in [0.25, 0.3) is 0 Å². The van der Waals surface area contributed by atoms with Gasteiger partial charge in [0.05, 0.1) is 17.1 Å². The SMILES string of the molecule is Cc1ccc(NC(=O)Cc2cn3cc(Cl)ccc3n2)c(C)c1. The summed E-state index contributed by atoms with van der Waals surface area (Å²) in [5.74, 6) is -0.0820. The number of aryl methyl sites for hydroxylation is 2. The van der Waals surface area contributed by atoms with Gasteiger partial charge in [-0.1, -0.05) is 29.3 Å². The molecule has 0 fully saturated rings. The molecule has 22 heavy (non-hydrogen) atoms. The number of benzene rings is 1. The topological polar surface area (TPSA) is 46.4 Å². The molecule has 0 saturated heterocycles. The van der Waals surface area contributed by atoms with Gasteiger partial charge in [-0.15, -0.1) is 0 Å². The van der Waals surface area contributed by atoms with Crippen molar-refractivity contribution in [2.45, 2.75) is 20.3 Å². The molecule has 2 heterocycles. The maximum Gasteiger partial charge on any atom is 0.230 e. The predicted molar refractivity (Wildman–Crippen MR) is 88.5 cm³/mol. The van der Waals surface area contributed by atoms with Crippen molar-refractivity contribution in [2.24, 2.45) is 0 Å². The van der Waals surface area contributed by atoms with E-state index >= 15 is 0 Å². The molecule has 0 unspecified atom stereocenters. The first-order chi connectivity index (χ1) is 10.5. The van der Waals surface area contributed by atoms with E-state index in [0.717, 1.165) is 16.9 Å². The highest BCUT2D eigenvalue weighted by atomic mass is 35.5. The molecule has 4 nitrogen and oxygen atoms in total. The fourth-order valence-corrected chi connectivity index (χ4v) is 2.58. The summed E-state index contributed by atoms with van der Waals surface area (Å²) in [4.78, 5) is 16.6. The summed E-state index contributed by atoms with van der Waals surface area (Å²) in [6.07, 6.45) is 3.82. The van der Waals surface area contributed by atoms with Crippen molar-refractivity contribution < 1.29 is 4.79 Å². The van der Waals surface area contributed by atoms with E-state index in [1.165, 1.54) is 5.56 Å². The third-order valence-electron chi connectivity index (χ3n) is 3.46. The molecule has 0 bridgehead atoms. The number of nitrogens with zero attached hydrogens (tertiary/aromatic N) is 2. The first-order valence-electron chi connectivity index (χ1n) is 7.01. The molecule has 0 aliphatic rings. The van der Waals surface area contributed by atoms with Crippen LogP contribution in [0.2, 0.25) is 5.02 Å². The van der Waals surface area contributed by atoms with Crippen molar-refractivity contribution in [1.82, 2.24) is 9.38 Å². The number of rotatable bonds is 3. The predicted octanol–water partition coefficient (Wildman–Crippen LogP) is 3.79. The zero-order chi connectivity index (χ0) is 15.7. The lowest BCUT2D eigenvalue weighted by atomic mass is 10.1. The Morgan fingerprint density at radius 3 is 2.82 bits per heavy atom. The van der Waals surface area contributed by atoms with Gasteiger partial charge in [-0.05, 0) is 37.6 Å². The maximum absolute atomic E-state index is 12.2. The fourth-order valence-electron chi connectivity index (χ4n) is 2.42. The molecular weight excluding hydrogens is 298 g/mol. The largest absolute Gasteiger partial charge is 0.326 e. The Bertz CT molecular complexity index is 854. The Labute approximate surface area is 133 Å². The van der Waals surface area contributed by atoms with Crippen LogP contribution in [0.1, 0.15) is 16.8 Å². The van der Waals surface area contributed by atoms with Gasteiger partial charge in [0.2, 0.25) is 5.91 Å². The first-order valence-corrected chi connectivity index (χ1v) is 7.39. The van der Waals surface area contributed by atoms with Crippen LogP contribution in [0.4, 0.5) is 5.69 Å². The minimum atomic E-state index is -0.0820. The molecule has 5 heteroatoms. The molecule has 2 aromatic heterocycles. The highest BCUT2D eigenvalue weighted by molar-refractivity contribution is 6.30. The molecule has 3 rings (SSSR count). The third kappa shape index (κ3) is 3.12. The average molecular weight is 314 g/mol. The molecule has 0 atom stereocenters. The van der Waals surface area contributed by atoms with Gasteiger partial charge < -0.3 is 9.72 Å². The third-order valence-corrected chi connectivity index (χ3v) is 3.69. The van der Waals surface area contributed by atoms with E-state index in [-0.39, 0.29) is 12.3 Å². The number of fused-ring (bicyclic) bond motifs is 1. The second-order valence-electron chi connectivity index (χ2n) is 5.39. The molecule has 1 N–H and O–H groups in total. The van der Waals surface area contributed by atoms with Gasteiger partial charge in [0.1, 0.15) is 5.65 Å². The van der Waals surface area contributed by atoms with E-state index < -0.39 is 0 Å². The lowest BCUT2D eigenvalue weighted by Crippen LogP contribution is -2.15. The van der Waals surface area contributed by atoms with Crippen LogP contribution in [-0.4, -0.2) is 15.3 Å². The minimum absolute atomic E-state index is 0.0820. The Balaban J connectivity index is 1.75. The fraction of sp³-hybridized carbons (Fsp3) is 0.176. The Hall–Kier alpha value is -2.33. The minimum Gasteiger partial charge on any atom is -0.326 e. The van der Waals surface area contributed by atoms with Gasteiger partial charge in [-0.2, -0.15) is 0 Å². The standard InChI is InChI=1S/C17H16ClN3O/c1-11-3-5-15(12(2)7-11)20-17(22)8-14-10-21-9-13(18)4-6-16(21)19-14/h3-7,9-10H,8H2,1-2H3,(H,20,22). The summed E-state index contributed by atoms with van der Waals surface area (Å²) in [7, 11) is 0. The molecule has 1 aromatic carbocycles. The quantitative estimate of drug-likeness (QED) is 0.799. The van der Waals surface area contributed by atoms with Crippen LogP contribution in [0.15, 0.2) is 42.7 Å². The van der Waals surface area contributed by atoms with Crippen molar-refractivity contribution >= 4 is 28.8 Å². The summed E-state index contributed by atoms with van der Waals surface area (Å²) in [5, 5.41) is 3.56. The number of carbonyl (C=O) groups excluding carboxylic acids is 1. The van der Waals surface area contributed by atoms with Crippen molar-refractivity contribution in [3.8, 4) is 0 Å². The van der Waals surface area contributed by atoms with E-state index in [2.05, 4.69) is 10.3 Å². The van der Waals surface area contributed by atoms with Crippen molar-refractivity contribution in [3.63, 3.8) is 0 Å². The van der Waals surface area contributed by atoms with Gasteiger partial charge >= 0.3 is 0 Å². The molecular formula is C17H16ClN3O. The van der Waals surface area contributed by atoms with E-state index in [0.29, 0.717) is 10.7 Å². The molecule has 1 amide bonds. The molecule has 0 saturated carbocycles. The summed E-state index contributed by atoms with van der Waals surface area (Å²) >= 11 is 5.94. The van der Waals surface area contributed by atoms with E-state index in [1.807, 2.05) is 48.7 Å². The molecule has 0 aliphatic carbocycles. The number of hydrogen-bond donors (Lipinski definition) is 1. The zero-order valence-electron chi connectivity index (χ0n) is 12.4. The van der Waals surface area contributed by atoms with E-state index in [1.54, 1.807) is 12.3 Å². The molecule has 0 spiro atoms. The summed E-state index contributed by atoms with van der Waals surface area (Å²) < 4.78 is 1.82. The van der Waals surface area contributed by atoms with Crippen LogP contribution < -0.4 is 5.32 Å². The number of anilines is 1. The molecule has 3 aromatic rings. The highest BCUT2D eigenvalue weighted by Crippen LogP contribution is 2.17. The van der Waals surface area contributed by atoms with Crippen LogP contribution in [0, 0.1) is 13.8 Å². The Kier molecular flexibility index (Phi) is 3.86. The van der Waals surface area contributed by atoms with Crippen LogP contribution in [0.25, 0.3) is 5.65 Å². The second-order valence-corrected chi connectivity index (χ2v) is 5.82. The highest BCUT2D eigenvalue weighted by Gasteiger charge is 2.09. The number of nitrogens with one attached hydrogen (secondary N) is 1. The molecule has 0 aliphatic heterocycles. The number of amides is 1. The second kappa shape index (κ2) is 5.81. The number of halogens is 1. The monoisotopic (exact) mass is 313 g/mol. The van der Waals surface area contributed by atoms with Crippen molar-refractivity contribution in [3.05, 3.63) is 64.6 Å². The van der Waals surface area contributed by atoms with Gasteiger partial charge in [0.15, 0.2) is 0 Å². The van der Waals surface area contributed by atoms with Gasteiger partial charge in [-0.3, -0.25) is 4.79 Å². The van der Waals surface area contributed by atoms with Crippen LogP contribution in [0.5, 0.6) is 0 Å². The van der Waals surface area contributed by atoms with Crippen LogP contribution >= 0.6 is 11.6 Å². The van der Waals surface area contributed by atoms with Gasteiger partial charge in [0, 0.05) is 18.1 Å². The Morgan fingerprint density at radius 1 is 1.23 bits per heavy atom.